The quantitative estimate of drug-likeness (QED) is 0.264. The van der Waals surface area contributed by atoms with Gasteiger partial charge >= 0.3 is 0 Å². The van der Waals surface area contributed by atoms with Crippen LogP contribution in [0.3, 0.4) is 0 Å². The number of likely N-dealkylation sites (tertiary alicyclic amines) is 1. The van der Waals surface area contributed by atoms with Crippen molar-refractivity contribution in [3.05, 3.63) is 30.3 Å². The predicted molar refractivity (Wildman–Crippen MR) is 131 cm³/mol. The molecule has 162 valence electrons. The zero-order valence-electron chi connectivity index (χ0n) is 18.1. The number of carbonyl (C=O) groups is 1. The first-order valence-electron chi connectivity index (χ1n) is 10.5. The van der Waals surface area contributed by atoms with Crippen LogP contribution in [0.15, 0.2) is 35.3 Å². The van der Waals surface area contributed by atoms with Gasteiger partial charge in [0.25, 0.3) is 0 Å². The highest BCUT2D eigenvalue weighted by atomic mass is 127. The number of aliphatic imine (C=N–C) groups is 1. The van der Waals surface area contributed by atoms with Gasteiger partial charge < -0.3 is 20.0 Å². The second-order valence-corrected chi connectivity index (χ2v) is 8.49. The van der Waals surface area contributed by atoms with Gasteiger partial charge in [0.05, 0.1) is 0 Å². The molecule has 6 nitrogen and oxygen atoms in total. The van der Waals surface area contributed by atoms with Crippen LogP contribution < -0.4 is 10.2 Å². The Morgan fingerprint density at radius 1 is 1.17 bits per heavy atom. The summed E-state index contributed by atoms with van der Waals surface area (Å²) in [6.45, 7) is 4.17. The maximum Gasteiger partial charge on any atom is 0.243 e. The molecule has 0 unspecified atom stereocenters. The van der Waals surface area contributed by atoms with Crippen molar-refractivity contribution in [3.63, 3.8) is 0 Å². The molecule has 2 aliphatic rings. The van der Waals surface area contributed by atoms with E-state index < -0.39 is 0 Å². The van der Waals surface area contributed by atoms with Crippen molar-refractivity contribution in [2.45, 2.75) is 32.1 Å². The monoisotopic (exact) mass is 513 g/mol. The molecule has 1 saturated carbocycles. The van der Waals surface area contributed by atoms with Crippen LogP contribution in [-0.2, 0) is 4.79 Å². The van der Waals surface area contributed by atoms with E-state index in [4.69, 9.17) is 0 Å². The summed E-state index contributed by atoms with van der Waals surface area (Å²) in [5, 5.41) is 3.53. The van der Waals surface area contributed by atoms with E-state index in [2.05, 4.69) is 51.4 Å². The number of carbonyl (C=O) groups excluding carboxylic acids is 1. The van der Waals surface area contributed by atoms with Gasteiger partial charge in [0.15, 0.2) is 5.96 Å². The van der Waals surface area contributed by atoms with Gasteiger partial charge in [-0.2, -0.15) is 0 Å². The van der Waals surface area contributed by atoms with Gasteiger partial charge in [0.1, 0.15) is 6.54 Å². The lowest BCUT2D eigenvalue weighted by atomic mass is 9.68. The van der Waals surface area contributed by atoms with Crippen molar-refractivity contribution < 1.29 is 4.79 Å². The number of likely N-dealkylation sites (N-methyl/N-ethyl adjacent to an activating group) is 1. The Kier molecular flexibility index (Phi) is 9.04. The highest BCUT2D eigenvalue weighted by molar-refractivity contribution is 14.0. The fraction of sp³-hybridized carbons (Fsp3) is 0.636. The summed E-state index contributed by atoms with van der Waals surface area (Å²) in [5.41, 5.74) is 1.75. The summed E-state index contributed by atoms with van der Waals surface area (Å²) in [6, 6.07) is 10.5. The second kappa shape index (κ2) is 11.0. The molecule has 1 amide bonds. The third-order valence-corrected chi connectivity index (χ3v) is 6.17. The highest BCUT2D eigenvalue weighted by Gasteiger charge is 2.43. The summed E-state index contributed by atoms with van der Waals surface area (Å²) in [6.07, 6.45) is 6.32. The third-order valence-electron chi connectivity index (χ3n) is 6.17. The minimum absolute atomic E-state index is 0. The smallest absolute Gasteiger partial charge is 0.243 e. The Bertz CT molecular complexity index is 675. The maximum atomic E-state index is 12.0. The van der Waals surface area contributed by atoms with Gasteiger partial charge in [-0.15, -0.1) is 24.0 Å². The maximum absolute atomic E-state index is 12.0. The average Bonchev–Trinajstić information content (AvgIpc) is 3.13. The van der Waals surface area contributed by atoms with Gasteiger partial charge in [-0.3, -0.25) is 4.79 Å². The fourth-order valence-electron chi connectivity index (χ4n) is 4.08. The van der Waals surface area contributed by atoms with E-state index in [9.17, 15) is 4.79 Å². The average molecular weight is 513 g/mol. The number of amides is 1. The number of hydrogen-bond donors (Lipinski definition) is 1. The molecule has 2 fully saturated rings. The number of anilines is 1. The van der Waals surface area contributed by atoms with E-state index >= 15 is 0 Å². The first-order chi connectivity index (χ1) is 13.5. The number of guanidine groups is 1. The van der Waals surface area contributed by atoms with Crippen LogP contribution in [-0.4, -0.2) is 75.5 Å². The first kappa shape index (κ1) is 23.8. The van der Waals surface area contributed by atoms with Crippen molar-refractivity contribution >= 4 is 41.5 Å². The molecule has 0 bridgehead atoms. The number of nitrogens with zero attached hydrogens (tertiary/aromatic N) is 4. The van der Waals surface area contributed by atoms with Crippen LogP contribution in [0.5, 0.6) is 0 Å². The summed E-state index contributed by atoms with van der Waals surface area (Å²) in [4.78, 5) is 22.9. The molecule has 1 N–H and O–H groups in total. The molecule has 1 aromatic carbocycles. The standard InChI is InChI=1S/C22H35N5O.HI/c1-25(2)20(28)17-24-21(27-16-13-22(18-27)11-7-12-22)23-14-8-15-26(3)19-9-5-4-6-10-19;/h4-6,9-10H,7-8,11-18H2,1-3H3,(H,23,24);1H. The fourth-order valence-corrected chi connectivity index (χ4v) is 4.08. The zero-order chi connectivity index (χ0) is 20.0. The van der Waals surface area contributed by atoms with Gasteiger partial charge in [-0.05, 0) is 43.2 Å². The SMILES string of the molecule is CN(C)C(=O)CN=C(NCCCN(C)c1ccccc1)N1CCC2(CCC2)C1.I. The van der Waals surface area contributed by atoms with Crippen molar-refractivity contribution in [2.75, 3.05) is 58.8 Å². The van der Waals surface area contributed by atoms with Crippen LogP contribution in [0, 0.1) is 5.41 Å². The molecule has 1 spiro atoms. The molecular formula is C22H36IN5O. The second-order valence-electron chi connectivity index (χ2n) is 8.49. The predicted octanol–water partition coefficient (Wildman–Crippen LogP) is 3.04. The zero-order valence-corrected chi connectivity index (χ0v) is 20.4. The number of nitrogens with one attached hydrogen (secondary N) is 1. The Morgan fingerprint density at radius 2 is 1.90 bits per heavy atom. The van der Waals surface area contributed by atoms with Gasteiger partial charge in [-0.25, -0.2) is 4.99 Å². The van der Waals surface area contributed by atoms with Gasteiger partial charge in [-0.1, -0.05) is 24.6 Å². The Labute approximate surface area is 192 Å². The summed E-state index contributed by atoms with van der Waals surface area (Å²) >= 11 is 0. The number of hydrogen-bond acceptors (Lipinski definition) is 3. The van der Waals surface area contributed by atoms with Crippen LogP contribution in [0.1, 0.15) is 32.1 Å². The molecule has 0 aromatic heterocycles. The van der Waals surface area contributed by atoms with Gasteiger partial charge in [0, 0.05) is 53.0 Å². The van der Waals surface area contributed by atoms with Gasteiger partial charge in [0.2, 0.25) is 5.91 Å². The van der Waals surface area contributed by atoms with E-state index in [1.165, 1.54) is 31.4 Å². The van der Waals surface area contributed by atoms with E-state index in [1.807, 2.05) is 6.07 Å². The molecule has 1 aliphatic heterocycles. The van der Waals surface area contributed by atoms with E-state index in [0.29, 0.717) is 5.41 Å². The largest absolute Gasteiger partial charge is 0.375 e. The lowest BCUT2D eigenvalue weighted by Gasteiger charge is -2.38. The van der Waals surface area contributed by atoms with Crippen LogP contribution in [0.4, 0.5) is 5.69 Å². The van der Waals surface area contributed by atoms with Crippen molar-refractivity contribution in [1.82, 2.24) is 15.1 Å². The molecule has 1 saturated heterocycles. The van der Waals surface area contributed by atoms with Crippen molar-refractivity contribution in [3.8, 4) is 0 Å². The summed E-state index contributed by atoms with van der Waals surface area (Å²) < 4.78 is 0. The van der Waals surface area contributed by atoms with Crippen molar-refractivity contribution in [1.29, 1.82) is 0 Å². The van der Waals surface area contributed by atoms with Crippen LogP contribution in [0.2, 0.25) is 0 Å². The third kappa shape index (κ3) is 6.49. The molecule has 1 aliphatic carbocycles. The molecule has 29 heavy (non-hydrogen) atoms. The van der Waals surface area contributed by atoms with Crippen LogP contribution in [0.25, 0.3) is 0 Å². The lowest BCUT2D eigenvalue weighted by molar-refractivity contribution is -0.127. The summed E-state index contributed by atoms with van der Waals surface area (Å²) in [5.74, 6) is 0.946. The molecule has 7 heteroatoms. The topological polar surface area (TPSA) is 51.2 Å². The number of para-hydroxylation sites is 1. The van der Waals surface area contributed by atoms with E-state index in [-0.39, 0.29) is 36.4 Å². The first-order valence-corrected chi connectivity index (χ1v) is 10.5. The lowest BCUT2D eigenvalue weighted by Crippen LogP contribution is -2.44. The van der Waals surface area contributed by atoms with Crippen molar-refractivity contribution in [2.24, 2.45) is 10.4 Å². The molecule has 0 atom stereocenters. The van der Waals surface area contributed by atoms with E-state index in [0.717, 1.165) is 38.6 Å². The molecule has 1 aromatic rings. The minimum atomic E-state index is 0. The molecule has 3 rings (SSSR count). The highest BCUT2D eigenvalue weighted by Crippen LogP contribution is 2.47. The number of halogens is 1. The molecular weight excluding hydrogens is 477 g/mol. The Morgan fingerprint density at radius 3 is 2.48 bits per heavy atom. The Balaban J connectivity index is 0.00000300. The number of benzene rings is 1. The normalized spacial score (nSPS) is 17.5. The molecule has 0 radical (unpaired) electrons. The van der Waals surface area contributed by atoms with E-state index in [1.54, 1.807) is 19.0 Å². The molecule has 1 heterocycles. The minimum Gasteiger partial charge on any atom is -0.375 e. The number of rotatable bonds is 7. The van der Waals surface area contributed by atoms with Crippen LogP contribution >= 0.6 is 24.0 Å². The summed E-state index contributed by atoms with van der Waals surface area (Å²) in [7, 11) is 5.69. The Hall–Kier alpha value is -1.51.